The van der Waals surface area contributed by atoms with E-state index >= 15 is 0 Å². The molecule has 0 unspecified atom stereocenters. The van der Waals surface area contributed by atoms with E-state index in [1.54, 1.807) is 12.1 Å². The smallest absolute Gasteiger partial charge is 0.335 e. The first kappa shape index (κ1) is 24.7. The number of carboxylic acids is 1. The molecule has 0 saturated heterocycles. The number of carbonyl (C=O) groups is 1. The summed E-state index contributed by atoms with van der Waals surface area (Å²) < 4.78 is 0. The lowest BCUT2D eigenvalue weighted by atomic mass is 9.80. The van der Waals surface area contributed by atoms with Crippen molar-refractivity contribution in [3.05, 3.63) is 59.2 Å². The molecular formula is C28H40O4. The zero-order valence-electron chi connectivity index (χ0n) is 19.8. The minimum absolute atomic E-state index is 0.0955. The summed E-state index contributed by atoms with van der Waals surface area (Å²) in [6.07, 6.45) is 13.2. The lowest BCUT2D eigenvalue weighted by Gasteiger charge is -2.29. The van der Waals surface area contributed by atoms with Crippen molar-refractivity contribution in [2.24, 2.45) is 23.2 Å². The lowest BCUT2D eigenvalue weighted by Crippen LogP contribution is -2.28. The number of rotatable bonds is 11. The van der Waals surface area contributed by atoms with Crippen LogP contribution in [0.25, 0.3) is 0 Å². The van der Waals surface area contributed by atoms with E-state index in [4.69, 9.17) is 0 Å². The van der Waals surface area contributed by atoms with Crippen LogP contribution in [-0.2, 0) is 6.42 Å². The molecule has 4 heteroatoms. The van der Waals surface area contributed by atoms with Crippen LogP contribution >= 0.6 is 0 Å². The van der Waals surface area contributed by atoms with Gasteiger partial charge in [0.05, 0.1) is 17.8 Å². The second kappa shape index (κ2) is 10.8. The molecule has 0 spiro atoms. The van der Waals surface area contributed by atoms with Gasteiger partial charge >= 0.3 is 5.97 Å². The number of aliphatic hydroxyl groups excluding tert-OH is 2. The van der Waals surface area contributed by atoms with Crippen LogP contribution in [0.2, 0.25) is 0 Å². The summed E-state index contributed by atoms with van der Waals surface area (Å²) in [7, 11) is 0. The normalized spacial score (nSPS) is 26.3. The number of benzene rings is 1. The summed E-state index contributed by atoms with van der Waals surface area (Å²) in [6, 6.07) is 7.25. The van der Waals surface area contributed by atoms with Crippen molar-refractivity contribution in [2.45, 2.75) is 84.3 Å². The highest BCUT2D eigenvalue weighted by molar-refractivity contribution is 5.89. The number of fused-ring (bicyclic) bond motifs is 1. The Balaban J connectivity index is 1.54. The van der Waals surface area contributed by atoms with Gasteiger partial charge in [0.25, 0.3) is 0 Å². The van der Waals surface area contributed by atoms with Crippen LogP contribution in [0.3, 0.4) is 0 Å². The van der Waals surface area contributed by atoms with E-state index in [0.29, 0.717) is 17.4 Å². The highest BCUT2D eigenvalue weighted by Gasteiger charge is 2.43. The van der Waals surface area contributed by atoms with Gasteiger partial charge in [-0.15, -0.1) is 0 Å². The number of aromatic carboxylic acids is 1. The minimum atomic E-state index is -0.862. The Bertz CT molecular complexity index is 838. The molecule has 0 radical (unpaired) electrons. The third kappa shape index (κ3) is 5.90. The highest BCUT2D eigenvalue weighted by atomic mass is 16.4. The summed E-state index contributed by atoms with van der Waals surface area (Å²) in [6.45, 7) is 6.40. The Kier molecular flexibility index (Phi) is 8.35. The molecule has 4 nitrogen and oxygen atoms in total. The predicted molar refractivity (Wildman–Crippen MR) is 129 cm³/mol. The summed E-state index contributed by atoms with van der Waals surface area (Å²) in [5.74, 6) is 0.0525. The van der Waals surface area contributed by atoms with Gasteiger partial charge in [-0.05, 0) is 67.4 Å². The first-order valence-corrected chi connectivity index (χ1v) is 12.3. The maximum absolute atomic E-state index is 11.4. The number of aliphatic hydroxyl groups is 2. The van der Waals surface area contributed by atoms with E-state index in [-0.39, 0.29) is 17.4 Å². The van der Waals surface area contributed by atoms with Crippen LogP contribution in [0.15, 0.2) is 48.1 Å². The van der Waals surface area contributed by atoms with Crippen molar-refractivity contribution in [3.63, 3.8) is 0 Å². The fraction of sp³-hybridized carbons (Fsp3) is 0.607. The van der Waals surface area contributed by atoms with Crippen molar-refractivity contribution >= 4 is 5.97 Å². The molecule has 3 N–H and O–H groups in total. The maximum Gasteiger partial charge on any atom is 0.335 e. The van der Waals surface area contributed by atoms with Gasteiger partial charge < -0.3 is 15.3 Å². The average Bonchev–Trinajstić information content (AvgIpc) is 3.27. The number of allylic oxidation sites excluding steroid dienone is 2. The van der Waals surface area contributed by atoms with Crippen LogP contribution in [0.5, 0.6) is 0 Å². The molecule has 176 valence electrons. The Morgan fingerprint density at radius 2 is 1.97 bits per heavy atom. The summed E-state index contributed by atoms with van der Waals surface area (Å²) in [4.78, 5) is 11.4. The standard InChI is InChI=1S/C28H40O4/c1-4-5-15-28(2,3)26(30)14-13-23-24-17-19(16-21(24)18-25(23)29)9-8-11-20-10-6-7-12-22(20)27(31)32/h6-7,10,12-14,16,21,23-26,29-30H,4-5,8-9,11,15,17-18H2,1-3H3,(H,31,32)/b14-13+/t21-,23-,24-,25+,26-/m0/s1. The summed E-state index contributed by atoms with van der Waals surface area (Å²) in [5, 5.41) is 30.7. The monoisotopic (exact) mass is 440 g/mol. The second-order valence-electron chi connectivity index (χ2n) is 10.5. The van der Waals surface area contributed by atoms with Crippen LogP contribution in [-0.4, -0.2) is 33.5 Å². The van der Waals surface area contributed by atoms with Gasteiger partial charge in [0.2, 0.25) is 0 Å². The number of hydrogen-bond acceptors (Lipinski definition) is 3. The van der Waals surface area contributed by atoms with Gasteiger partial charge in [0.1, 0.15) is 0 Å². The van der Waals surface area contributed by atoms with Crippen molar-refractivity contribution < 1.29 is 20.1 Å². The Hall–Kier alpha value is -1.91. The fourth-order valence-corrected chi connectivity index (χ4v) is 5.52. The summed E-state index contributed by atoms with van der Waals surface area (Å²) >= 11 is 0. The van der Waals surface area contributed by atoms with Crippen LogP contribution in [0.4, 0.5) is 0 Å². The maximum atomic E-state index is 11.4. The van der Waals surface area contributed by atoms with Crippen LogP contribution < -0.4 is 0 Å². The molecule has 1 aromatic rings. The number of hydrogen-bond donors (Lipinski definition) is 3. The lowest BCUT2D eigenvalue weighted by molar-refractivity contribution is 0.0695. The van der Waals surface area contributed by atoms with E-state index in [1.165, 1.54) is 5.57 Å². The molecule has 2 aliphatic rings. The third-order valence-corrected chi connectivity index (χ3v) is 7.63. The van der Waals surface area contributed by atoms with Gasteiger partial charge in [0, 0.05) is 5.92 Å². The molecule has 0 aliphatic heterocycles. The molecule has 0 heterocycles. The molecule has 0 bridgehead atoms. The molecule has 5 atom stereocenters. The van der Waals surface area contributed by atoms with E-state index in [2.05, 4.69) is 32.9 Å². The SMILES string of the molecule is CCCCC(C)(C)[C@@H](O)/C=C/[C@H]1[C@H]2CC(CCCc3ccccc3C(=O)O)=C[C@H]2C[C@H]1O. The molecular weight excluding hydrogens is 400 g/mol. The van der Waals surface area contributed by atoms with E-state index in [9.17, 15) is 20.1 Å². The predicted octanol–water partition coefficient (Wildman–Crippen LogP) is 5.78. The molecule has 1 fully saturated rings. The topological polar surface area (TPSA) is 77.8 Å². The largest absolute Gasteiger partial charge is 0.478 e. The van der Waals surface area contributed by atoms with Crippen LogP contribution in [0.1, 0.15) is 81.6 Å². The van der Waals surface area contributed by atoms with Crippen molar-refractivity contribution in [1.82, 2.24) is 0 Å². The van der Waals surface area contributed by atoms with Gasteiger partial charge in [-0.1, -0.05) is 75.6 Å². The Morgan fingerprint density at radius 3 is 2.69 bits per heavy atom. The Labute approximate surface area is 193 Å². The molecule has 32 heavy (non-hydrogen) atoms. The van der Waals surface area contributed by atoms with E-state index in [1.807, 2.05) is 18.2 Å². The van der Waals surface area contributed by atoms with Gasteiger partial charge in [0.15, 0.2) is 0 Å². The molecule has 3 rings (SSSR count). The zero-order valence-corrected chi connectivity index (χ0v) is 19.8. The Morgan fingerprint density at radius 1 is 1.22 bits per heavy atom. The number of carboxylic acid groups (broad SMARTS) is 1. The van der Waals surface area contributed by atoms with Crippen molar-refractivity contribution in [3.8, 4) is 0 Å². The highest BCUT2D eigenvalue weighted by Crippen LogP contribution is 2.48. The number of unbranched alkanes of at least 4 members (excludes halogenated alkanes) is 1. The second-order valence-corrected chi connectivity index (χ2v) is 10.5. The van der Waals surface area contributed by atoms with E-state index in [0.717, 1.165) is 56.9 Å². The van der Waals surface area contributed by atoms with Crippen molar-refractivity contribution in [1.29, 1.82) is 0 Å². The first-order valence-electron chi connectivity index (χ1n) is 12.3. The molecule has 2 aliphatic carbocycles. The van der Waals surface area contributed by atoms with E-state index < -0.39 is 12.1 Å². The fourth-order valence-electron chi connectivity index (χ4n) is 5.52. The number of aryl methyl sites for hydroxylation is 1. The van der Waals surface area contributed by atoms with Gasteiger partial charge in [-0.2, -0.15) is 0 Å². The first-order chi connectivity index (χ1) is 15.2. The van der Waals surface area contributed by atoms with Gasteiger partial charge in [-0.25, -0.2) is 4.79 Å². The average molecular weight is 441 g/mol. The third-order valence-electron chi connectivity index (χ3n) is 7.63. The molecule has 1 aromatic carbocycles. The quantitative estimate of drug-likeness (QED) is 0.381. The minimum Gasteiger partial charge on any atom is -0.478 e. The molecule has 0 aromatic heterocycles. The van der Waals surface area contributed by atoms with Crippen molar-refractivity contribution in [2.75, 3.05) is 0 Å². The zero-order chi connectivity index (χ0) is 23.3. The molecule has 0 amide bonds. The van der Waals surface area contributed by atoms with Crippen LogP contribution in [0, 0.1) is 23.2 Å². The molecule has 1 saturated carbocycles. The summed E-state index contributed by atoms with van der Waals surface area (Å²) in [5.41, 5.74) is 2.58. The van der Waals surface area contributed by atoms with Gasteiger partial charge in [-0.3, -0.25) is 0 Å².